The van der Waals surface area contributed by atoms with Crippen molar-refractivity contribution in [2.24, 2.45) is 0 Å². The number of tetrazole rings is 1. The maximum atomic E-state index is 5.40. The zero-order chi connectivity index (χ0) is 23.5. The van der Waals surface area contributed by atoms with E-state index in [0.717, 1.165) is 37.8 Å². The van der Waals surface area contributed by atoms with Crippen molar-refractivity contribution < 1.29 is 4.74 Å². The van der Waals surface area contributed by atoms with E-state index in [9.17, 15) is 0 Å². The standard InChI is InChI=1S/C26H30N6OS/c1-19-6-4-8-24(20(19)2)30-13-15-31(16-14-30)25(21-9-11-22(33-3)12-10-21)26-27-28-29-32(26)18-23-7-5-17-34-23/h4-12,17,25H,13-16,18H2,1-3H3/t25-/m0/s1. The highest BCUT2D eigenvalue weighted by Gasteiger charge is 2.31. The van der Waals surface area contributed by atoms with E-state index in [4.69, 9.17) is 4.74 Å². The van der Waals surface area contributed by atoms with Gasteiger partial charge in [0.2, 0.25) is 0 Å². The van der Waals surface area contributed by atoms with Crippen molar-refractivity contribution in [1.82, 2.24) is 25.1 Å². The molecular weight excluding hydrogens is 444 g/mol. The Balaban J connectivity index is 1.43. The summed E-state index contributed by atoms with van der Waals surface area (Å²) in [6.45, 7) is 8.85. The molecule has 0 amide bonds. The summed E-state index contributed by atoms with van der Waals surface area (Å²) < 4.78 is 7.34. The molecule has 34 heavy (non-hydrogen) atoms. The SMILES string of the molecule is COc1ccc([C@@H](c2nnnn2Cc2cccs2)N2CCN(c3cccc(C)c3C)CC2)cc1. The van der Waals surface area contributed by atoms with Gasteiger partial charge in [-0.05, 0) is 70.6 Å². The molecule has 0 radical (unpaired) electrons. The van der Waals surface area contributed by atoms with Crippen LogP contribution < -0.4 is 9.64 Å². The van der Waals surface area contributed by atoms with E-state index in [1.54, 1.807) is 18.4 Å². The number of nitrogens with zero attached hydrogens (tertiary/aromatic N) is 6. The number of methoxy groups -OCH3 is 1. The van der Waals surface area contributed by atoms with Gasteiger partial charge in [-0.25, -0.2) is 4.68 Å². The van der Waals surface area contributed by atoms with Crippen molar-refractivity contribution in [2.75, 3.05) is 38.2 Å². The summed E-state index contributed by atoms with van der Waals surface area (Å²) in [6.07, 6.45) is 0. The van der Waals surface area contributed by atoms with E-state index in [1.165, 1.54) is 27.3 Å². The van der Waals surface area contributed by atoms with E-state index < -0.39 is 0 Å². The molecule has 1 saturated heterocycles. The Morgan fingerprint density at radius 1 is 0.971 bits per heavy atom. The maximum Gasteiger partial charge on any atom is 0.173 e. The third kappa shape index (κ3) is 4.56. The second-order valence-corrected chi connectivity index (χ2v) is 9.72. The van der Waals surface area contributed by atoms with Gasteiger partial charge in [0, 0.05) is 36.7 Å². The predicted molar refractivity (Wildman–Crippen MR) is 136 cm³/mol. The molecule has 5 rings (SSSR count). The lowest BCUT2D eigenvalue weighted by molar-refractivity contribution is 0.201. The van der Waals surface area contributed by atoms with Gasteiger partial charge in [-0.15, -0.1) is 16.4 Å². The topological polar surface area (TPSA) is 59.3 Å². The Morgan fingerprint density at radius 2 is 1.76 bits per heavy atom. The molecule has 0 aliphatic carbocycles. The summed E-state index contributed by atoms with van der Waals surface area (Å²) in [6, 6.07) is 19.0. The molecule has 2 aromatic carbocycles. The van der Waals surface area contributed by atoms with Crippen molar-refractivity contribution in [3.63, 3.8) is 0 Å². The van der Waals surface area contributed by atoms with Gasteiger partial charge in [-0.1, -0.05) is 30.3 Å². The molecule has 1 aliphatic rings. The first-order valence-electron chi connectivity index (χ1n) is 11.6. The van der Waals surface area contributed by atoms with Crippen LogP contribution in [-0.2, 0) is 6.54 Å². The smallest absolute Gasteiger partial charge is 0.173 e. The summed E-state index contributed by atoms with van der Waals surface area (Å²) in [5.74, 6) is 1.72. The number of ether oxygens (including phenoxy) is 1. The number of thiophene rings is 1. The molecular formula is C26H30N6OS. The zero-order valence-corrected chi connectivity index (χ0v) is 20.7. The first-order valence-corrected chi connectivity index (χ1v) is 12.5. The molecule has 1 fully saturated rings. The lowest BCUT2D eigenvalue weighted by Gasteiger charge is -2.40. The molecule has 2 aromatic heterocycles. The number of anilines is 1. The van der Waals surface area contributed by atoms with Crippen LogP contribution in [0.15, 0.2) is 60.0 Å². The quantitative estimate of drug-likeness (QED) is 0.398. The summed E-state index contributed by atoms with van der Waals surface area (Å²) >= 11 is 1.73. The molecule has 7 nitrogen and oxygen atoms in total. The van der Waals surface area contributed by atoms with Crippen LogP contribution in [-0.4, -0.2) is 58.4 Å². The Bertz CT molecular complexity index is 1210. The van der Waals surface area contributed by atoms with Crippen LogP contribution >= 0.6 is 11.3 Å². The number of benzene rings is 2. The molecule has 0 saturated carbocycles. The van der Waals surface area contributed by atoms with E-state index in [-0.39, 0.29) is 6.04 Å². The number of aromatic nitrogens is 4. The number of piperazine rings is 1. The highest BCUT2D eigenvalue weighted by Crippen LogP contribution is 2.31. The molecule has 8 heteroatoms. The lowest BCUT2D eigenvalue weighted by atomic mass is 10.0. The summed E-state index contributed by atoms with van der Waals surface area (Å²) in [5, 5.41) is 15.0. The summed E-state index contributed by atoms with van der Waals surface area (Å²) in [5.41, 5.74) is 5.21. The number of rotatable bonds is 7. The van der Waals surface area contributed by atoms with Crippen LogP contribution in [0.4, 0.5) is 5.69 Å². The molecule has 0 N–H and O–H groups in total. The molecule has 0 bridgehead atoms. The second-order valence-electron chi connectivity index (χ2n) is 8.69. The monoisotopic (exact) mass is 474 g/mol. The van der Waals surface area contributed by atoms with Crippen molar-refractivity contribution >= 4 is 17.0 Å². The van der Waals surface area contributed by atoms with Crippen molar-refractivity contribution in [3.05, 3.63) is 87.4 Å². The van der Waals surface area contributed by atoms with Gasteiger partial charge < -0.3 is 9.64 Å². The molecule has 0 unspecified atom stereocenters. The van der Waals surface area contributed by atoms with Gasteiger partial charge in [0.25, 0.3) is 0 Å². The molecule has 176 valence electrons. The highest BCUT2D eigenvalue weighted by molar-refractivity contribution is 7.09. The van der Waals surface area contributed by atoms with Crippen molar-refractivity contribution in [3.8, 4) is 5.75 Å². The number of hydrogen-bond donors (Lipinski definition) is 0. The third-order valence-corrected chi connectivity index (χ3v) is 7.58. The third-order valence-electron chi connectivity index (χ3n) is 6.72. The minimum atomic E-state index is -0.0263. The molecule has 1 aliphatic heterocycles. The second kappa shape index (κ2) is 9.95. The molecule has 1 atom stereocenters. The first-order chi connectivity index (χ1) is 16.6. The van der Waals surface area contributed by atoms with E-state index >= 15 is 0 Å². The fourth-order valence-electron chi connectivity index (χ4n) is 4.68. The molecule has 4 aromatic rings. The lowest BCUT2D eigenvalue weighted by Crippen LogP contribution is -2.48. The largest absolute Gasteiger partial charge is 0.497 e. The van der Waals surface area contributed by atoms with E-state index in [0.29, 0.717) is 6.54 Å². The molecule has 3 heterocycles. The van der Waals surface area contributed by atoms with E-state index in [2.05, 4.69) is 87.0 Å². The highest BCUT2D eigenvalue weighted by atomic mass is 32.1. The summed E-state index contributed by atoms with van der Waals surface area (Å²) in [4.78, 5) is 6.24. The minimum absolute atomic E-state index is 0.0263. The van der Waals surface area contributed by atoms with Gasteiger partial charge in [0.15, 0.2) is 5.82 Å². The fourth-order valence-corrected chi connectivity index (χ4v) is 5.36. The van der Waals surface area contributed by atoms with Crippen LogP contribution in [0.1, 0.15) is 33.4 Å². The fraction of sp³-hybridized carbons (Fsp3) is 0.346. The van der Waals surface area contributed by atoms with Gasteiger partial charge in [0.1, 0.15) is 5.75 Å². The minimum Gasteiger partial charge on any atom is -0.497 e. The maximum absolute atomic E-state index is 5.40. The van der Waals surface area contributed by atoms with E-state index in [1.807, 2.05) is 16.8 Å². The number of hydrogen-bond acceptors (Lipinski definition) is 7. The van der Waals surface area contributed by atoms with Gasteiger partial charge in [0.05, 0.1) is 19.7 Å². The van der Waals surface area contributed by atoms with Crippen LogP contribution in [0.5, 0.6) is 5.75 Å². The first kappa shape index (κ1) is 22.6. The van der Waals surface area contributed by atoms with Crippen LogP contribution in [0.3, 0.4) is 0 Å². The average Bonchev–Trinajstić information content (AvgIpc) is 3.55. The predicted octanol–water partition coefficient (Wildman–Crippen LogP) is 4.32. The van der Waals surface area contributed by atoms with Gasteiger partial charge in [-0.2, -0.15) is 0 Å². The van der Waals surface area contributed by atoms with Crippen molar-refractivity contribution in [2.45, 2.75) is 26.4 Å². The van der Waals surface area contributed by atoms with Crippen LogP contribution in [0.2, 0.25) is 0 Å². The van der Waals surface area contributed by atoms with Crippen LogP contribution in [0, 0.1) is 13.8 Å². The summed E-state index contributed by atoms with van der Waals surface area (Å²) in [7, 11) is 1.70. The number of aryl methyl sites for hydroxylation is 1. The Hall–Kier alpha value is -3.23. The van der Waals surface area contributed by atoms with Gasteiger partial charge >= 0.3 is 0 Å². The normalized spacial score (nSPS) is 15.4. The average molecular weight is 475 g/mol. The van der Waals surface area contributed by atoms with Crippen molar-refractivity contribution in [1.29, 1.82) is 0 Å². The Morgan fingerprint density at radius 3 is 2.47 bits per heavy atom. The Labute approximate surface area is 204 Å². The van der Waals surface area contributed by atoms with Gasteiger partial charge in [-0.3, -0.25) is 4.90 Å². The molecule has 0 spiro atoms. The van der Waals surface area contributed by atoms with Crippen LogP contribution in [0.25, 0.3) is 0 Å². The Kier molecular flexibility index (Phi) is 6.60. The zero-order valence-electron chi connectivity index (χ0n) is 19.9.